The highest BCUT2D eigenvalue weighted by Gasteiger charge is 2.40. The van der Waals surface area contributed by atoms with Gasteiger partial charge in [-0.25, -0.2) is 8.42 Å². The number of halogens is 3. The third kappa shape index (κ3) is 3.35. The van der Waals surface area contributed by atoms with Crippen LogP contribution in [0.15, 0.2) is 23.4 Å². The van der Waals surface area contributed by atoms with Crippen molar-refractivity contribution in [3.05, 3.63) is 24.0 Å². The fraction of sp³-hybridized carbons (Fsp3) is 0.583. The molecular weight excluding hydrogens is 307 g/mol. The molecule has 1 aromatic rings. The molecule has 118 valence electrons. The van der Waals surface area contributed by atoms with Crippen LogP contribution in [0.5, 0.6) is 0 Å². The van der Waals surface area contributed by atoms with Crippen LogP contribution < -0.4 is 5.32 Å². The number of nitrogens with one attached hydrogen (secondary N) is 1. The lowest BCUT2D eigenvalue weighted by Crippen LogP contribution is -2.47. The number of sulfonamides is 1. The molecule has 1 aromatic heterocycles. The van der Waals surface area contributed by atoms with Gasteiger partial charge in [-0.2, -0.15) is 17.5 Å². The van der Waals surface area contributed by atoms with E-state index in [9.17, 15) is 21.6 Å². The van der Waals surface area contributed by atoms with Crippen LogP contribution in [-0.4, -0.2) is 43.9 Å². The number of aromatic nitrogens is 1. The molecule has 1 unspecified atom stereocenters. The molecule has 0 spiro atoms. The lowest BCUT2D eigenvalue weighted by Gasteiger charge is -2.32. The van der Waals surface area contributed by atoms with Gasteiger partial charge in [-0.05, 0) is 26.0 Å². The van der Waals surface area contributed by atoms with Crippen LogP contribution in [0.2, 0.25) is 0 Å². The smallest absolute Gasteiger partial charge is 0.316 e. The average Bonchev–Trinajstić information content (AvgIpc) is 2.46. The highest BCUT2D eigenvalue weighted by molar-refractivity contribution is 7.89. The number of hydrogen-bond acceptors (Lipinski definition) is 4. The Bertz CT molecular complexity index is 604. The molecule has 0 amide bonds. The summed E-state index contributed by atoms with van der Waals surface area (Å²) in [5.74, 6) is 0. The number of nitrogens with zero attached hydrogens (tertiary/aromatic N) is 2. The van der Waals surface area contributed by atoms with Crippen LogP contribution in [0.1, 0.15) is 18.4 Å². The van der Waals surface area contributed by atoms with Crippen molar-refractivity contribution >= 4 is 10.0 Å². The van der Waals surface area contributed by atoms with Crippen LogP contribution in [0.25, 0.3) is 0 Å². The second-order valence-corrected chi connectivity index (χ2v) is 6.77. The minimum atomic E-state index is -4.73. The summed E-state index contributed by atoms with van der Waals surface area (Å²) < 4.78 is 64.9. The Balaban J connectivity index is 2.41. The van der Waals surface area contributed by atoms with Crippen LogP contribution in [0, 0.1) is 0 Å². The Labute approximate surface area is 121 Å². The molecule has 0 bridgehead atoms. The molecular formula is C12H16F3N3O2S. The number of pyridine rings is 1. The molecule has 1 aliphatic rings. The van der Waals surface area contributed by atoms with E-state index in [1.54, 1.807) is 7.05 Å². The van der Waals surface area contributed by atoms with Crippen molar-refractivity contribution in [3.8, 4) is 0 Å². The van der Waals surface area contributed by atoms with E-state index in [0.717, 1.165) is 23.1 Å². The predicted molar refractivity (Wildman–Crippen MR) is 70.1 cm³/mol. The molecule has 21 heavy (non-hydrogen) atoms. The topological polar surface area (TPSA) is 62.3 Å². The highest BCUT2D eigenvalue weighted by Crippen LogP contribution is 2.35. The number of rotatable bonds is 3. The first-order chi connectivity index (χ1) is 9.76. The van der Waals surface area contributed by atoms with Crippen LogP contribution >= 0.6 is 0 Å². The van der Waals surface area contributed by atoms with Gasteiger partial charge in [0, 0.05) is 31.5 Å². The second kappa shape index (κ2) is 5.90. The summed E-state index contributed by atoms with van der Waals surface area (Å²) in [7, 11) is -2.51. The van der Waals surface area contributed by atoms with Crippen molar-refractivity contribution in [2.75, 3.05) is 20.1 Å². The summed E-state index contributed by atoms with van der Waals surface area (Å²) in [6, 6.07) is 0.631. The molecule has 0 aromatic carbocycles. The quantitative estimate of drug-likeness (QED) is 0.915. The summed E-state index contributed by atoms with van der Waals surface area (Å²) in [6.07, 6.45) is -1.63. The van der Waals surface area contributed by atoms with Crippen molar-refractivity contribution in [2.24, 2.45) is 0 Å². The van der Waals surface area contributed by atoms with E-state index in [1.807, 2.05) is 0 Å². The monoisotopic (exact) mass is 323 g/mol. The number of hydrogen-bond donors (Lipinski definition) is 1. The van der Waals surface area contributed by atoms with E-state index in [4.69, 9.17) is 0 Å². The Kier molecular flexibility index (Phi) is 4.54. The molecule has 1 saturated heterocycles. The first-order valence-corrected chi connectivity index (χ1v) is 7.89. The standard InChI is InChI=1S/C12H16F3N3O2S/c1-16-9-3-2-6-18(8-9)21(19,20)11-7-17-5-4-10(11)12(13,14)15/h4-5,7,9,16H,2-3,6,8H2,1H3. The van der Waals surface area contributed by atoms with Gasteiger partial charge < -0.3 is 5.32 Å². The summed E-state index contributed by atoms with van der Waals surface area (Å²) in [5, 5.41) is 2.96. The summed E-state index contributed by atoms with van der Waals surface area (Å²) in [4.78, 5) is 2.75. The third-order valence-electron chi connectivity index (χ3n) is 3.50. The number of alkyl halides is 3. The predicted octanol–water partition coefficient (Wildman–Crippen LogP) is 1.47. The fourth-order valence-electron chi connectivity index (χ4n) is 2.36. The van der Waals surface area contributed by atoms with Crippen molar-refractivity contribution in [1.82, 2.24) is 14.6 Å². The maximum absolute atomic E-state index is 13.0. The lowest BCUT2D eigenvalue weighted by atomic mass is 10.1. The lowest BCUT2D eigenvalue weighted by molar-refractivity contribution is -0.140. The first-order valence-electron chi connectivity index (χ1n) is 6.45. The summed E-state index contributed by atoms with van der Waals surface area (Å²) >= 11 is 0. The maximum Gasteiger partial charge on any atom is 0.417 e. The zero-order valence-electron chi connectivity index (χ0n) is 11.4. The van der Waals surface area contributed by atoms with E-state index < -0.39 is 26.7 Å². The van der Waals surface area contributed by atoms with Crippen LogP contribution in [0.4, 0.5) is 13.2 Å². The molecule has 2 heterocycles. The molecule has 5 nitrogen and oxygen atoms in total. The van der Waals surface area contributed by atoms with Gasteiger partial charge in [-0.15, -0.1) is 0 Å². The van der Waals surface area contributed by atoms with Crippen molar-refractivity contribution < 1.29 is 21.6 Å². The minimum absolute atomic E-state index is 0.0560. The van der Waals surface area contributed by atoms with Gasteiger partial charge in [-0.1, -0.05) is 0 Å². The van der Waals surface area contributed by atoms with Crippen LogP contribution in [0.3, 0.4) is 0 Å². The molecule has 1 fully saturated rings. The van der Waals surface area contributed by atoms with Gasteiger partial charge in [0.1, 0.15) is 4.90 Å². The van der Waals surface area contributed by atoms with Gasteiger partial charge in [0.05, 0.1) is 5.56 Å². The van der Waals surface area contributed by atoms with Gasteiger partial charge in [0.2, 0.25) is 10.0 Å². The molecule has 0 radical (unpaired) electrons. The zero-order chi connectivity index (χ0) is 15.7. The second-order valence-electron chi connectivity index (χ2n) is 4.86. The molecule has 0 saturated carbocycles. The van der Waals surface area contributed by atoms with E-state index in [-0.39, 0.29) is 19.1 Å². The van der Waals surface area contributed by atoms with Crippen molar-refractivity contribution in [3.63, 3.8) is 0 Å². The fourth-order valence-corrected chi connectivity index (χ4v) is 4.03. The first kappa shape index (κ1) is 16.2. The Morgan fingerprint density at radius 3 is 2.76 bits per heavy atom. The molecule has 2 rings (SSSR count). The van der Waals surface area contributed by atoms with Crippen molar-refractivity contribution in [2.45, 2.75) is 30.0 Å². The van der Waals surface area contributed by atoms with E-state index in [1.165, 1.54) is 0 Å². The number of piperidine rings is 1. The Hall–Kier alpha value is -1.19. The number of likely N-dealkylation sites (N-methyl/N-ethyl adjacent to an activating group) is 1. The summed E-state index contributed by atoms with van der Waals surface area (Å²) in [6.45, 7) is 0.373. The third-order valence-corrected chi connectivity index (χ3v) is 5.39. The van der Waals surface area contributed by atoms with Gasteiger partial charge in [-0.3, -0.25) is 4.98 Å². The zero-order valence-corrected chi connectivity index (χ0v) is 12.2. The van der Waals surface area contributed by atoms with Crippen molar-refractivity contribution in [1.29, 1.82) is 0 Å². The van der Waals surface area contributed by atoms with E-state index in [2.05, 4.69) is 10.3 Å². The van der Waals surface area contributed by atoms with E-state index in [0.29, 0.717) is 12.5 Å². The Morgan fingerprint density at radius 2 is 2.14 bits per heavy atom. The normalized spacial score (nSPS) is 21.4. The molecule has 9 heteroatoms. The van der Waals surface area contributed by atoms with Crippen LogP contribution in [-0.2, 0) is 16.2 Å². The highest BCUT2D eigenvalue weighted by atomic mass is 32.2. The summed E-state index contributed by atoms with van der Waals surface area (Å²) in [5.41, 5.74) is -1.18. The largest absolute Gasteiger partial charge is 0.417 e. The molecule has 1 aliphatic heterocycles. The molecule has 1 N–H and O–H groups in total. The maximum atomic E-state index is 13.0. The van der Waals surface area contributed by atoms with Gasteiger partial charge in [0.15, 0.2) is 0 Å². The Morgan fingerprint density at radius 1 is 1.43 bits per heavy atom. The van der Waals surface area contributed by atoms with Gasteiger partial charge in [0.25, 0.3) is 0 Å². The minimum Gasteiger partial charge on any atom is -0.316 e. The SMILES string of the molecule is CNC1CCCN(S(=O)(=O)c2cnccc2C(F)(F)F)C1. The van der Waals surface area contributed by atoms with E-state index >= 15 is 0 Å². The van der Waals surface area contributed by atoms with Gasteiger partial charge >= 0.3 is 6.18 Å². The average molecular weight is 323 g/mol. The molecule has 1 atom stereocenters. The molecule has 0 aliphatic carbocycles.